The summed E-state index contributed by atoms with van der Waals surface area (Å²) in [4.78, 5) is 67.0. The Morgan fingerprint density at radius 1 is 0.921 bits per heavy atom. The van der Waals surface area contributed by atoms with Gasteiger partial charge in [0.15, 0.2) is 5.82 Å². The first-order valence-corrected chi connectivity index (χ1v) is 23.1. The van der Waals surface area contributed by atoms with Crippen molar-refractivity contribution in [2.24, 2.45) is 5.92 Å². The molecule has 0 bridgehead atoms. The van der Waals surface area contributed by atoms with Gasteiger partial charge in [-0.05, 0) is 88.5 Å². The van der Waals surface area contributed by atoms with Crippen LogP contribution in [0.25, 0.3) is 33.5 Å². The minimum Gasteiger partial charge on any atom is -0.470 e. The van der Waals surface area contributed by atoms with Crippen molar-refractivity contribution in [1.82, 2.24) is 30.2 Å². The fraction of sp³-hybridized carbons (Fsp3) is 0.500. The van der Waals surface area contributed by atoms with Crippen molar-refractivity contribution in [2.45, 2.75) is 125 Å². The van der Waals surface area contributed by atoms with Gasteiger partial charge < -0.3 is 29.4 Å². The van der Waals surface area contributed by atoms with Gasteiger partial charge in [0.2, 0.25) is 27.4 Å². The Kier molecular flexibility index (Phi) is 11.3. The lowest BCUT2D eigenvalue weighted by Gasteiger charge is -2.30. The van der Waals surface area contributed by atoms with Gasteiger partial charge in [-0.3, -0.25) is 19.1 Å². The average molecular weight is 893 g/mol. The van der Waals surface area contributed by atoms with E-state index in [-0.39, 0.29) is 54.8 Å². The smallest absolute Gasteiger partial charge is 0.416 e. The van der Waals surface area contributed by atoms with Crippen molar-refractivity contribution < 1.29 is 54.7 Å². The van der Waals surface area contributed by atoms with E-state index in [0.717, 1.165) is 31.4 Å². The van der Waals surface area contributed by atoms with Crippen LogP contribution in [0.5, 0.6) is 5.88 Å². The first-order chi connectivity index (χ1) is 30.2. The molecule has 0 spiro atoms. The first-order valence-electron chi connectivity index (χ1n) is 21.5. The van der Waals surface area contributed by atoms with Crippen molar-refractivity contribution >= 4 is 55.9 Å². The molecule has 9 rings (SSSR count). The zero-order chi connectivity index (χ0) is 44.1. The van der Waals surface area contributed by atoms with Crippen LogP contribution in [0.15, 0.2) is 65.1 Å². The molecule has 3 N–H and O–H groups in total. The predicted octanol–water partition coefficient (Wildman–Crippen LogP) is 6.45. The van der Waals surface area contributed by atoms with Crippen LogP contribution in [0.1, 0.15) is 89.0 Å². The predicted molar refractivity (Wildman–Crippen MR) is 221 cm³/mol. The summed E-state index contributed by atoms with van der Waals surface area (Å²) in [5, 5.41) is 5.50. The molecule has 2 aliphatic heterocycles. The number of sulfonamides is 1. The number of nitrogens with one attached hydrogen (secondary N) is 3. The van der Waals surface area contributed by atoms with Crippen molar-refractivity contribution in [3.8, 4) is 17.3 Å². The number of carbonyl (C=O) groups excluding carboxylic acids is 4. The molecule has 15 nitrogen and oxygen atoms in total. The SMILES string of the molecule is O=C(N[C@@H]1CCCCC/C=C\[C@@H]2C[C@@]2(C(=O)NS(=O)(=O)C2CC2)NC(=O)[C@@H]2C[C@H](Oc3nc(-c4ccc(C(F)(F)F)cc4)nc4c3oc3ccccc34)CN2C1=O)OC1CCCC1. The monoisotopic (exact) mass is 892 g/mol. The molecule has 5 aliphatic rings. The number of furan rings is 1. The molecule has 4 heterocycles. The summed E-state index contributed by atoms with van der Waals surface area (Å²) >= 11 is 0. The molecule has 19 heteroatoms. The minimum atomic E-state index is -4.57. The largest absolute Gasteiger partial charge is 0.470 e. The Labute approximate surface area is 360 Å². The quantitative estimate of drug-likeness (QED) is 0.164. The van der Waals surface area contributed by atoms with Crippen molar-refractivity contribution in [2.75, 3.05) is 6.54 Å². The second kappa shape index (κ2) is 16.8. The Balaban J connectivity index is 1.05. The standard InChI is InChI=1S/C44H47F3N6O9S/c45-44(46,47)26-18-16-25(17-19-26)37-49-35-31-13-8-9-15-34(31)62-36(35)39(50-37)60-29-22-33-38(54)51-43(41(56)52-63(58,59)30-20-21-30)23-27(43)10-4-2-1-3-5-14-32(40(55)53(33)24-29)48-42(57)61-28-11-6-7-12-28/h4,8-10,13,15-19,27-30,32-33H,1-3,5-7,11-12,14,20-24H2,(H,48,57)(H,51,54)(H,52,56)/b10-4-/t27-,29+,32-,33+,43-/m1/s1. The highest BCUT2D eigenvalue weighted by atomic mass is 32.2. The Morgan fingerprint density at radius 2 is 1.67 bits per heavy atom. The third-order valence-electron chi connectivity index (χ3n) is 12.6. The average Bonchev–Trinajstić information content (AvgIpc) is 4.06. The highest BCUT2D eigenvalue weighted by Crippen LogP contribution is 2.46. The fourth-order valence-electron chi connectivity index (χ4n) is 8.92. The number of hydrogen-bond donors (Lipinski definition) is 3. The molecular formula is C44H47F3N6O9S. The topological polar surface area (TPSA) is 199 Å². The Morgan fingerprint density at radius 3 is 2.41 bits per heavy atom. The third-order valence-corrected chi connectivity index (χ3v) is 14.5. The third kappa shape index (κ3) is 8.93. The first kappa shape index (κ1) is 42.6. The highest BCUT2D eigenvalue weighted by molar-refractivity contribution is 7.91. The number of alkyl halides is 3. The normalized spacial score (nSPS) is 26.6. The molecule has 1 saturated heterocycles. The van der Waals surface area contributed by atoms with Gasteiger partial charge in [-0.15, -0.1) is 0 Å². The summed E-state index contributed by atoms with van der Waals surface area (Å²) in [6, 6.07) is 8.99. The number of para-hydroxylation sites is 1. The number of aromatic nitrogens is 2. The lowest BCUT2D eigenvalue weighted by atomic mass is 10.0. The number of amides is 4. The molecule has 2 aromatic carbocycles. The molecular weight excluding hydrogens is 846 g/mol. The lowest BCUT2D eigenvalue weighted by Crippen LogP contribution is -2.58. The number of allylic oxidation sites excluding steroid dienone is 1. The second-order valence-electron chi connectivity index (χ2n) is 17.2. The number of halogens is 3. The second-order valence-corrected chi connectivity index (χ2v) is 19.2. The van der Waals surface area contributed by atoms with E-state index in [4.69, 9.17) is 13.9 Å². The summed E-state index contributed by atoms with van der Waals surface area (Å²) in [6.45, 7) is -0.188. The van der Waals surface area contributed by atoms with E-state index >= 15 is 0 Å². The maximum Gasteiger partial charge on any atom is 0.416 e. The number of fused-ring (bicyclic) bond motifs is 5. The van der Waals surface area contributed by atoms with Crippen LogP contribution in [-0.2, 0) is 35.3 Å². The molecule has 5 atom stereocenters. The summed E-state index contributed by atoms with van der Waals surface area (Å²) in [6.07, 6.45) is 4.23. The number of ether oxygens (including phenoxy) is 2. The van der Waals surface area contributed by atoms with Gasteiger partial charge in [-0.2, -0.15) is 18.2 Å². The van der Waals surface area contributed by atoms with Crippen LogP contribution in [0.2, 0.25) is 0 Å². The van der Waals surface area contributed by atoms with Crippen LogP contribution < -0.4 is 20.1 Å². The summed E-state index contributed by atoms with van der Waals surface area (Å²) in [5.41, 5.74) is -1.32. The van der Waals surface area contributed by atoms with Crippen molar-refractivity contribution in [3.63, 3.8) is 0 Å². The fourth-order valence-corrected chi connectivity index (χ4v) is 10.3. The van der Waals surface area contributed by atoms with E-state index in [2.05, 4.69) is 25.3 Å². The van der Waals surface area contributed by atoms with Crippen LogP contribution >= 0.6 is 0 Å². The minimum absolute atomic E-state index is 0.0337. The van der Waals surface area contributed by atoms with Crippen LogP contribution in [0.4, 0.5) is 18.0 Å². The van der Waals surface area contributed by atoms with Crippen LogP contribution in [0.3, 0.4) is 0 Å². The highest BCUT2D eigenvalue weighted by Gasteiger charge is 2.62. The molecule has 63 heavy (non-hydrogen) atoms. The molecule has 0 unspecified atom stereocenters. The maximum atomic E-state index is 14.7. The van der Waals surface area contributed by atoms with E-state index in [1.54, 1.807) is 24.3 Å². The Bertz CT molecular complexity index is 2570. The summed E-state index contributed by atoms with van der Waals surface area (Å²) in [5.74, 6) is -2.73. The number of rotatable bonds is 8. The number of alkyl carbamates (subject to hydrolysis) is 1. The van der Waals surface area contributed by atoms with Crippen molar-refractivity contribution in [1.29, 1.82) is 0 Å². The van der Waals surface area contributed by atoms with Crippen LogP contribution in [-0.4, -0.2) is 88.7 Å². The van der Waals surface area contributed by atoms with E-state index in [1.807, 2.05) is 12.2 Å². The van der Waals surface area contributed by atoms with Gasteiger partial charge in [-0.25, -0.2) is 18.2 Å². The molecule has 4 aromatic rings. The van der Waals surface area contributed by atoms with Gasteiger partial charge in [0.1, 0.15) is 40.9 Å². The zero-order valence-electron chi connectivity index (χ0n) is 34.2. The molecule has 3 aliphatic carbocycles. The molecule has 3 saturated carbocycles. The summed E-state index contributed by atoms with van der Waals surface area (Å²) in [7, 11) is -3.97. The van der Waals surface area contributed by atoms with Gasteiger partial charge >= 0.3 is 12.3 Å². The van der Waals surface area contributed by atoms with E-state index < -0.39 is 80.5 Å². The van der Waals surface area contributed by atoms with Gasteiger partial charge in [0.05, 0.1) is 17.4 Å². The number of nitrogens with zero attached hydrogens (tertiary/aromatic N) is 3. The van der Waals surface area contributed by atoms with Crippen molar-refractivity contribution in [3.05, 3.63) is 66.2 Å². The van der Waals surface area contributed by atoms with Gasteiger partial charge in [0.25, 0.3) is 11.8 Å². The summed E-state index contributed by atoms with van der Waals surface area (Å²) < 4.78 is 86.9. The van der Waals surface area contributed by atoms with E-state index in [0.29, 0.717) is 61.4 Å². The Hall–Kier alpha value is -5.72. The maximum absolute atomic E-state index is 14.7. The zero-order valence-corrected chi connectivity index (χ0v) is 35.0. The number of carbonyl (C=O) groups is 4. The van der Waals surface area contributed by atoms with E-state index in [1.165, 1.54) is 17.0 Å². The molecule has 4 fully saturated rings. The van der Waals surface area contributed by atoms with E-state index in [9.17, 15) is 40.8 Å². The molecule has 2 aromatic heterocycles. The molecule has 334 valence electrons. The lowest BCUT2D eigenvalue weighted by molar-refractivity contribution is -0.141. The molecule has 0 radical (unpaired) electrons. The number of hydrogen-bond acceptors (Lipinski definition) is 11. The number of benzene rings is 2. The van der Waals surface area contributed by atoms with Gasteiger partial charge in [-0.1, -0.05) is 49.3 Å². The van der Waals surface area contributed by atoms with Gasteiger partial charge in [0, 0.05) is 23.3 Å². The molecule has 4 amide bonds. The van der Waals surface area contributed by atoms with Crippen LogP contribution in [0, 0.1) is 5.92 Å².